The minimum absolute atomic E-state index is 0.157. The lowest BCUT2D eigenvalue weighted by atomic mass is 10.2. The Morgan fingerprint density at radius 2 is 1.93 bits per heavy atom. The molecule has 2 N–H and O–H groups in total. The SMILES string of the molecule is Cn1cc(C(=O)O)c(C(=O)Nc2ccc(-c3nc4cc(Cl)ccc4o3)cc2)n1. The first-order valence-electron chi connectivity index (χ1n) is 8.15. The number of nitrogens with zero attached hydrogens (tertiary/aromatic N) is 3. The van der Waals surface area contributed by atoms with Crippen molar-refractivity contribution in [3.63, 3.8) is 0 Å². The Bertz CT molecular complexity index is 1210. The second-order valence-corrected chi connectivity index (χ2v) is 6.47. The van der Waals surface area contributed by atoms with Gasteiger partial charge in [0.1, 0.15) is 11.1 Å². The fourth-order valence-electron chi connectivity index (χ4n) is 2.72. The largest absolute Gasteiger partial charge is 0.478 e. The minimum atomic E-state index is -1.22. The molecule has 0 aliphatic rings. The fraction of sp³-hybridized carbons (Fsp3) is 0.0526. The molecule has 4 rings (SSSR count). The Morgan fingerprint density at radius 3 is 2.64 bits per heavy atom. The van der Waals surface area contributed by atoms with E-state index in [1.807, 2.05) is 0 Å². The van der Waals surface area contributed by atoms with Crippen LogP contribution < -0.4 is 5.32 Å². The van der Waals surface area contributed by atoms with Crippen LogP contribution in [-0.4, -0.2) is 31.7 Å². The zero-order valence-corrected chi connectivity index (χ0v) is 15.3. The summed E-state index contributed by atoms with van der Waals surface area (Å²) in [5.41, 5.74) is 2.14. The molecule has 4 aromatic rings. The van der Waals surface area contributed by atoms with Crippen LogP contribution in [0.2, 0.25) is 5.02 Å². The Balaban J connectivity index is 1.56. The van der Waals surface area contributed by atoms with Crippen LogP contribution >= 0.6 is 11.6 Å². The number of anilines is 1. The molecule has 0 saturated carbocycles. The highest BCUT2D eigenvalue weighted by molar-refractivity contribution is 6.31. The number of amides is 1. The molecule has 140 valence electrons. The van der Waals surface area contributed by atoms with Gasteiger partial charge in [0, 0.05) is 29.5 Å². The van der Waals surface area contributed by atoms with Crippen molar-refractivity contribution in [3.8, 4) is 11.5 Å². The molecule has 9 heteroatoms. The minimum Gasteiger partial charge on any atom is -0.478 e. The lowest BCUT2D eigenvalue weighted by Crippen LogP contribution is -2.16. The number of aromatic carboxylic acids is 1. The summed E-state index contributed by atoms with van der Waals surface area (Å²) in [7, 11) is 1.55. The first kappa shape index (κ1) is 17.7. The zero-order valence-electron chi connectivity index (χ0n) is 14.5. The van der Waals surface area contributed by atoms with Crippen molar-refractivity contribution in [1.29, 1.82) is 0 Å². The van der Waals surface area contributed by atoms with Crippen molar-refractivity contribution in [2.24, 2.45) is 7.05 Å². The third-order valence-electron chi connectivity index (χ3n) is 4.01. The summed E-state index contributed by atoms with van der Waals surface area (Å²) in [6.45, 7) is 0. The molecule has 0 saturated heterocycles. The summed E-state index contributed by atoms with van der Waals surface area (Å²) >= 11 is 5.96. The number of fused-ring (bicyclic) bond motifs is 1. The molecule has 28 heavy (non-hydrogen) atoms. The summed E-state index contributed by atoms with van der Waals surface area (Å²) in [5, 5.41) is 16.3. The van der Waals surface area contributed by atoms with Gasteiger partial charge in [-0.2, -0.15) is 5.10 Å². The zero-order chi connectivity index (χ0) is 19.8. The van der Waals surface area contributed by atoms with Crippen molar-refractivity contribution >= 4 is 40.3 Å². The number of nitrogens with one attached hydrogen (secondary N) is 1. The maximum Gasteiger partial charge on any atom is 0.339 e. The van der Waals surface area contributed by atoms with E-state index in [1.165, 1.54) is 10.9 Å². The first-order valence-corrected chi connectivity index (χ1v) is 8.53. The molecule has 0 spiro atoms. The number of rotatable bonds is 4. The predicted molar refractivity (Wildman–Crippen MR) is 103 cm³/mol. The van der Waals surface area contributed by atoms with Crippen LogP contribution in [-0.2, 0) is 7.05 Å². The number of aryl methyl sites for hydroxylation is 1. The number of oxazole rings is 1. The molecule has 0 bridgehead atoms. The van der Waals surface area contributed by atoms with E-state index in [0.29, 0.717) is 27.7 Å². The quantitative estimate of drug-likeness (QED) is 0.542. The highest BCUT2D eigenvalue weighted by Gasteiger charge is 2.21. The number of benzene rings is 2. The van der Waals surface area contributed by atoms with Crippen LogP contribution in [0.4, 0.5) is 5.69 Å². The number of carbonyl (C=O) groups excluding carboxylic acids is 1. The van der Waals surface area contributed by atoms with Crippen molar-refractivity contribution < 1.29 is 19.1 Å². The van der Waals surface area contributed by atoms with Gasteiger partial charge in [0.15, 0.2) is 11.3 Å². The van der Waals surface area contributed by atoms with Crippen molar-refractivity contribution in [1.82, 2.24) is 14.8 Å². The topological polar surface area (TPSA) is 110 Å². The summed E-state index contributed by atoms with van der Waals surface area (Å²) in [4.78, 5) is 28.0. The van der Waals surface area contributed by atoms with E-state index in [9.17, 15) is 14.7 Å². The molecule has 2 aromatic heterocycles. The Hall–Kier alpha value is -3.65. The molecule has 0 aliphatic heterocycles. The molecule has 0 radical (unpaired) electrons. The Labute approximate surface area is 163 Å². The van der Waals surface area contributed by atoms with Crippen molar-refractivity contribution in [2.45, 2.75) is 0 Å². The first-order chi connectivity index (χ1) is 13.4. The normalized spacial score (nSPS) is 10.9. The second-order valence-electron chi connectivity index (χ2n) is 6.03. The van der Waals surface area contributed by atoms with E-state index >= 15 is 0 Å². The molecular formula is C19H13ClN4O4. The van der Waals surface area contributed by atoms with Crippen LogP contribution in [0.5, 0.6) is 0 Å². The third kappa shape index (κ3) is 3.33. The number of aromatic nitrogens is 3. The van der Waals surface area contributed by atoms with Gasteiger partial charge in [-0.15, -0.1) is 0 Å². The molecule has 2 aromatic carbocycles. The van der Waals surface area contributed by atoms with Crippen LogP contribution in [0.1, 0.15) is 20.8 Å². The van der Waals surface area contributed by atoms with Gasteiger partial charge in [-0.05, 0) is 42.5 Å². The maximum absolute atomic E-state index is 12.4. The van der Waals surface area contributed by atoms with Gasteiger partial charge < -0.3 is 14.8 Å². The van der Waals surface area contributed by atoms with Crippen LogP contribution in [0, 0.1) is 0 Å². The number of hydrogen-bond acceptors (Lipinski definition) is 5. The number of carboxylic acid groups (broad SMARTS) is 1. The van der Waals surface area contributed by atoms with E-state index in [1.54, 1.807) is 49.5 Å². The van der Waals surface area contributed by atoms with E-state index in [4.69, 9.17) is 16.0 Å². The predicted octanol–water partition coefficient (Wildman–Crippen LogP) is 3.83. The average molecular weight is 397 g/mol. The standard InChI is InChI=1S/C19H13ClN4O4/c1-24-9-13(19(26)27)16(23-24)17(25)21-12-5-2-10(3-6-12)18-22-14-8-11(20)4-7-15(14)28-18/h2-9H,1H3,(H,21,25)(H,26,27). The van der Waals surface area contributed by atoms with E-state index < -0.39 is 11.9 Å². The van der Waals surface area contributed by atoms with E-state index in [2.05, 4.69) is 15.4 Å². The fourth-order valence-corrected chi connectivity index (χ4v) is 2.89. The van der Waals surface area contributed by atoms with Gasteiger partial charge in [-0.25, -0.2) is 9.78 Å². The number of hydrogen-bond donors (Lipinski definition) is 2. The lowest BCUT2D eigenvalue weighted by Gasteiger charge is -2.04. The lowest BCUT2D eigenvalue weighted by molar-refractivity contribution is 0.0692. The van der Waals surface area contributed by atoms with Gasteiger partial charge in [-0.3, -0.25) is 9.48 Å². The molecule has 2 heterocycles. The molecule has 0 aliphatic carbocycles. The monoisotopic (exact) mass is 396 g/mol. The van der Waals surface area contributed by atoms with Gasteiger partial charge in [-0.1, -0.05) is 11.6 Å². The van der Waals surface area contributed by atoms with Crippen LogP contribution in [0.15, 0.2) is 53.1 Å². The van der Waals surface area contributed by atoms with Crippen LogP contribution in [0.25, 0.3) is 22.6 Å². The van der Waals surface area contributed by atoms with Gasteiger partial charge >= 0.3 is 5.97 Å². The molecule has 1 amide bonds. The molecule has 0 fully saturated rings. The number of carbonyl (C=O) groups is 2. The Kier molecular flexibility index (Phi) is 4.32. The summed E-state index contributed by atoms with van der Waals surface area (Å²) < 4.78 is 6.99. The second kappa shape index (κ2) is 6.82. The van der Waals surface area contributed by atoms with Crippen molar-refractivity contribution in [2.75, 3.05) is 5.32 Å². The Morgan fingerprint density at radius 1 is 1.18 bits per heavy atom. The smallest absolute Gasteiger partial charge is 0.339 e. The number of carboxylic acids is 1. The van der Waals surface area contributed by atoms with Gasteiger partial charge in [0.05, 0.1) is 0 Å². The maximum atomic E-state index is 12.4. The summed E-state index contributed by atoms with van der Waals surface area (Å²) in [6, 6.07) is 12.0. The third-order valence-corrected chi connectivity index (χ3v) is 4.25. The van der Waals surface area contributed by atoms with Gasteiger partial charge in [0.25, 0.3) is 5.91 Å². The van der Waals surface area contributed by atoms with E-state index in [0.717, 1.165) is 5.56 Å². The van der Waals surface area contributed by atoms with Gasteiger partial charge in [0.2, 0.25) is 5.89 Å². The van der Waals surface area contributed by atoms with Crippen LogP contribution in [0.3, 0.4) is 0 Å². The van der Waals surface area contributed by atoms with Crippen molar-refractivity contribution in [3.05, 3.63) is 64.9 Å². The van der Waals surface area contributed by atoms with E-state index in [-0.39, 0.29) is 11.3 Å². The molecule has 8 nitrogen and oxygen atoms in total. The average Bonchev–Trinajstić information content (AvgIpc) is 3.25. The highest BCUT2D eigenvalue weighted by Crippen LogP contribution is 2.27. The molecule has 0 atom stereocenters. The molecular weight excluding hydrogens is 384 g/mol. The number of halogens is 1. The summed E-state index contributed by atoms with van der Waals surface area (Å²) in [5.74, 6) is -1.40. The highest BCUT2D eigenvalue weighted by atomic mass is 35.5. The molecule has 0 unspecified atom stereocenters. The summed E-state index contributed by atoms with van der Waals surface area (Å²) in [6.07, 6.45) is 1.28.